The van der Waals surface area contributed by atoms with E-state index in [0.29, 0.717) is 6.42 Å². The van der Waals surface area contributed by atoms with E-state index in [1.165, 1.54) is 20.8 Å². The third-order valence-corrected chi connectivity index (χ3v) is 7.76. The molecule has 3 unspecified atom stereocenters. The summed E-state index contributed by atoms with van der Waals surface area (Å²) in [5.74, 6) is -5.07. The maximum Gasteiger partial charge on any atom is 0.332 e. The largest absolute Gasteiger partial charge is 0.480 e. The number of fused-ring (bicyclic) bond motifs is 3. The Morgan fingerprint density at radius 3 is 1.90 bits per heavy atom. The summed E-state index contributed by atoms with van der Waals surface area (Å²) in [6.45, 7) is 2.96. The molecule has 0 bridgehead atoms. The number of hydrogen-bond donors (Lipinski definition) is 4. The summed E-state index contributed by atoms with van der Waals surface area (Å²) in [6, 6.07) is 14.0. The van der Waals surface area contributed by atoms with Crippen molar-refractivity contribution in [2.75, 3.05) is 39.6 Å². The average Bonchev–Trinajstić information content (AvgIpc) is 3.38. The van der Waals surface area contributed by atoms with Crippen LogP contribution in [0.1, 0.15) is 57.1 Å². The van der Waals surface area contributed by atoms with Gasteiger partial charge in [-0.25, -0.2) is 9.59 Å². The smallest absolute Gasteiger partial charge is 0.332 e. The molecule has 0 radical (unpaired) electrons. The van der Waals surface area contributed by atoms with E-state index in [0.717, 1.165) is 22.3 Å². The fraction of sp³-hybridized carbons (Fsp3) is 0.457. The van der Waals surface area contributed by atoms with Gasteiger partial charge in [0.25, 0.3) is 0 Å². The van der Waals surface area contributed by atoms with Gasteiger partial charge in [0.15, 0.2) is 11.6 Å². The van der Waals surface area contributed by atoms with Crippen LogP contribution in [0.2, 0.25) is 0 Å². The quantitative estimate of drug-likeness (QED) is 0.110. The molecule has 14 heteroatoms. The van der Waals surface area contributed by atoms with Gasteiger partial charge in [-0.1, -0.05) is 55.5 Å². The molecule has 3 atom stereocenters. The molecule has 4 N–H and O–H groups in total. The van der Waals surface area contributed by atoms with Crippen LogP contribution in [0.15, 0.2) is 48.5 Å². The molecular formula is C35H43N3O11. The minimum Gasteiger partial charge on any atom is -0.480 e. The lowest BCUT2D eigenvalue weighted by Crippen LogP contribution is -2.52. The highest BCUT2D eigenvalue weighted by molar-refractivity contribution is 5.93. The van der Waals surface area contributed by atoms with E-state index in [1.54, 1.807) is 0 Å². The Balaban J connectivity index is 1.26. The molecule has 14 nitrogen and oxygen atoms in total. The zero-order valence-corrected chi connectivity index (χ0v) is 27.8. The molecule has 0 fully saturated rings. The van der Waals surface area contributed by atoms with E-state index in [-0.39, 0.29) is 50.9 Å². The number of rotatable bonds is 21. The van der Waals surface area contributed by atoms with Crippen LogP contribution in [0.3, 0.4) is 0 Å². The lowest BCUT2D eigenvalue weighted by atomic mass is 9.98. The second-order valence-corrected chi connectivity index (χ2v) is 11.8. The monoisotopic (exact) mass is 681 g/mol. The normalized spacial score (nSPS) is 13.6. The second kappa shape index (κ2) is 19.1. The van der Waals surface area contributed by atoms with Gasteiger partial charge in [0.1, 0.15) is 45.1 Å². The number of ketones is 2. The van der Waals surface area contributed by atoms with Gasteiger partial charge in [-0.2, -0.15) is 0 Å². The Morgan fingerprint density at radius 1 is 0.714 bits per heavy atom. The number of ether oxygens (including phenoxy) is 3. The molecule has 0 spiro atoms. The Bertz CT molecular complexity index is 1480. The van der Waals surface area contributed by atoms with Crippen molar-refractivity contribution in [3.63, 3.8) is 0 Å². The first-order valence-corrected chi connectivity index (χ1v) is 16.0. The number of esters is 1. The van der Waals surface area contributed by atoms with Crippen LogP contribution in [-0.4, -0.2) is 98.0 Å². The van der Waals surface area contributed by atoms with Crippen molar-refractivity contribution in [3.05, 3.63) is 59.7 Å². The van der Waals surface area contributed by atoms with Crippen LogP contribution in [0.4, 0.5) is 0 Å². The average molecular weight is 682 g/mol. The van der Waals surface area contributed by atoms with Crippen molar-refractivity contribution in [2.45, 2.75) is 58.0 Å². The number of hydrogen-bond acceptors (Lipinski definition) is 10. The van der Waals surface area contributed by atoms with Crippen molar-refractivity contribution in [2.24, 2.45) is 5.92 Å². The topological polar surface area (TPSA) is 203 Å². The predicted molar refractivity (Wildman–Crippen MR) is 175 cm³/mol. The fourth-order valence-corrected chi connectivity index (χ4v) is 5.20. The van der Waals surface area contributed by atoms with Gasteiger partial charge in [-0.15, -0.1) is 0 Å². The third kappa shape index (κ3) is 12.2. The third-order valence-electron chi connectivity index (χ3n) is 7.76. The molecule has 1 aliphatic rings. The van der Waals surface area contributed by atoms with E-state index in [2.05, 4.69) is 16.0 Å². The number of carbonyl (C=O) groups is 7. The SMILES string of the molecule is CC(CC(=O)COCC(=O)O)C(=O)NC(C)C(=O)NC(C)C(=O)NCCCC(=O)COCC(=O)OCC1c2ccccc2-c2ccccc21. The lowest BCUT2D eigenvalue weighted by Gasteiger charge is -2.20. The van der Waals surface area contributed by atoms with Gasteiger partial charge in [-0.3, -0.25) is 24.0 Å². The van der Waals surface area contributed by atoms with E-state index in [9.17, 15) is 33.6 Å². The Labute approximate surface area is 284 Å². The van der Waals surface area contributed by atoms with Crippen molar-refractivity contribution in [3.8, 4) is 11.1 Å². The van der Waals surface area contributed by atoms with Gasteiger partial charge in [-0.05, 0) is 42.5 Å². The number of carboxylic acid groups (broad SMARTS) is 1. The fourth-order valence-electron chi connectivity index (χ4n) is 5.20. The van der Waals surface area contributed by atoms with Crippen LogP contribution in [0, 0.1) is 5.92 Å². The summed E-state index contributed by atoms with van der Waals surface area (Å²) < 4.78 is 15.4. The number of amides is 3. The highest BCUT2D eigenvalue weighted by Crippen LogP contribution is 2.44. The number of Topliss-reactive ketones (excluding diaryl/α,β-unsaturated/α-hetero) is 2. The van der Waals surface area contributed by atoms with Crippen LogP contribution < -0.4 is 16.0 Å². The van der Waals surface area contributed by atoms with E-state index in [4.69, 9.17) is 19.3 Å². The Kier molecular flexibility index (Phi) is 15.0. The van der Waals surface area contributed by atoms with Gasteiger partial charge >= 0.3 is 11.9 Å². The number of aliphatic carboxylic acids is 1. The van der Waals surface area contributed by atoms with Crippen LogP contribution >= 0.6 is 0 Å². The minimum atomic E-state index is -1.22. The Morgan fingerprint density at radius 2 is 1.27 bits per heavy atom. The summed E-state index contributed by atoms with van der Waals surface area (Å²) in [4.78, 5) is 84.1. The number of benzene rings is 2. The molecule has 2 aromatic carbocycles. The molecule has 0 heterocycles. The summed E-state index contributed by atoms with van der Waals surface area (Å²) >= 11 is 0. The Hall–Kier alpha value is -4.95. The molecule has 2 aromatic rings. The first kappa shape index (κ1) is 38.5. The van der Waals surface area contributed by atoms with Gasteiger partial charge in [0, 0.05) is 31.2 Å². The summed E-state index contributed by atoms with van der Waals surface area (Å²) in [5.41, 5.74) is 4.43. The molecular weight excluding hydrogens is 638 g/mol. The van der Waals surface area contributed by atoms with Crippen LogP contribution in [0.25, 0.3) is 11.1 Å². The van der Waals surface area contributed by atoms with Gasteiger partial charge in [0.05, 0.1) is 0 Å². The zero-order chi connectivity index (χ0) is 35.9. The molecule has 3 amide bonds. The van der Waals surface area contributed by atoms with Crippen molar-refractivity contribution < 1.29 is 52.9 Å². The first-order chi connectivity index (χ1) is 23.4. The van der Waals surface area contributed by atoms with E-state index in [1.807, 2.05) is 48.5 Å². The summed E-state index contributed by atoms with van der Waals surface area (Å²) in [5, 5.41) is 16.1. The van der Waals surface area contributed by atoms with Crippen molar-refractivity contribution >= 4 is 41.2 Å². The summed E-state index contributed by atoms with van der Waals surface area (Å²) in [6.07, 6.45) is 0.205. The minimum absolute atomic E-state index is 0.0771. The van der Waals surface area contributed by atoms with E-state index >= 15 is 0 Å². The van der Waals surface area contributed by atoms with Gasteiger partial charge in [0.2, 0.25) is 17.7 Å². The van der Waals surface area contributed by atoms with Gasteiger partial charge < -0.3 is 35.3 Å². The summed E-state index contributed by atoms with van der Waals surface area (Å²) in [7, 11) is 0. The molecule has 0 aliphatic heterocycles. The number of carboxylic acids is 1. The van der Waals surface area contributed by atoms with Crippen molar-refractivity contribution in [1.82, 2.24) is 16.0 Å². The van der Waals surface area contributed by atoms with E-state index < -0.39 is 66.7 Å². The van der Waals surface area contributed by atoms with Crippen molar-refractivity contribution in [1.29, 1.82) is 0 Å². The molecule has 0 saturated heterocycles. The molecule has 1 aliphatic carbocycles. The zero-order valence-electron chi connectivity index (χ0n) is 27.8. The molecule has 49 heavy (non-hydrogen) atoms. The van der Waals surface area contributed by atoms with Crippen LogP contribution in [-0.2, 0) is 47.8 Å². The second-order valence-electron chi connectivity index (χ2n) is 11.8. The maximum atomic E-state index is 12.5. The number of nitrogens with one attached hydrogen (secondary N) is 3. The number of carbonyl (C=O) groups excluding carboxylic acids is 6. The molecule has 0 saturated carbocycles. The molecule has 264 valence electrons. The highest BCUT2D eigenvalue weighted by atomic mass is 16.6. The predicted octanol–water partition coefficient (Wildman–Crippen LogP) is 1.53. The maximum absolute atomic E-state index is 12.5. The first-order valence-electron chi connectivity index (χ1n) is 16.0. The van der Waals surface area contributed by atoms with Crippen LogP contribution in [0.5, 0.6) is 0 Å². The highest BCUT2D eigenvalue weighted by Gasteiger charge is 2.29. The lowest BCUT2D eigenvalue weighted by molar-refractivity contribution is -0.150. The molecule has 0 aromatic heterocycles. The molecule has 3 rings (SSSR count). The standard InChI is InChI=1S/C35H43N3O11/c1-21(15-25(40)17-47-19-31(41)42)33(44)37-23(3)35(46)38-22(2)34(45)36-14-8-9-24(39)16-48-20-32(43)49-18-30-28-12-6-4-10-26(28)27-11-5-7-13-29(27)30/h4-7,10-13,21-23,30H,8-9,14-20H2,1-3H3,(H,36,45)(H,37,44)(H,38,46)(H,41,42).